The maximum Gasteiger partial charge on any atom is 0.284 e. The fraction of sp³-hybridized carbons (Fsp3) is 0.0667. The van der Waals surface area contributed by atoms with Gasteiger partial charge in [0.1, 0.15) is 16.2 Å². The van der Waals surface area contributed by atoms with Crippen molar-refractivity contribution in [2.24, 2.45) is 7.05 Å². The number of sulfonamides is 1. The summed E-state index contributed by atoms with van der Waals surface area (Å²) < 4.78 is 28.7. The maximum absolute atomic E-state index is 12.6. The first-order valence-corrected chi connectivity index (χ1v) is 9.44. The Bertz CT molecular complexity index is 1110. The fourth-order valence-corrected chi connectivity index (χ4v) is 4.55. The van der Waals surface area contributed by atoms with Crippen LogP contribution in [0.4, 0.5) is 0 Å². The molecule has 0 bridgehead atoms. The molecule has 1 N–H and O–H groups in total. The van der Waals surface area contributed by atoms with Crippen LogP contribution in [0.25, 0.3) is 22.4 Å². The number of aromatic nitrogens is 4. The quantitative estimate of drug-likeness (QED) is 0.607. The molecule has 4 aromatic rings. The van der Waals surface area contributed by atoms with E-state index >= 15 is 0 Å². The molecule has 3 heterocycles. The van der Waals surface area contributed by atoms with Gasteiger partial charge in [-0.1, -0.05) is 24.3 Å². The molecule has 24 heavy (non-hydrogen) atoms. The maximum atomic E-state index is 12.6. The molecule has 0 atom stereocenters. The van der Waals surface area contributed by atoms with Gasteiger partial charge in [-0.25, -0.2) is 19.2 Å². The van der Waals surface area contributed by atoms with Crippen molar-refractivity contribution in [1.29, 1.82) is 0 Å². The summed E-state index contributed by atoms with van der Waals surface area (Å²) in [6, 6.07) is 12.7. The van der Waals surface area contributed by atoms with Crippen LogP contribution in [0.2, 0.25) is 0 Å². The predicted octanol–water partition coefficient (Wildman–Crippen LogP) is 2.43. The molecule has 0 fully saturated rings. The van der Waals surface area contributed by atoms with Crippen LogP contribution in [0.15, 0.2) is 58.4 Å². The molecule has 0 spiro atoms. The minimum atomic E-state index is -3.68. The molecular weight excluding hydrogens is 346 g/mol. The van der Waals surface area contributed by atoms with Crippen molar-refractivity contribution >= 4 is 32.3 Å². The molecule has 1 aromatic carbocycles. The Kier molecular flexibility index (Phi) is 3.39. The standard InChI is InChI=1S/C15H13N5O2S2/c1-19-15(16-10-17-19)13-9-11-5-2-3-6-12(11)20(13)18-24(21,22)14-7-4-8-23-14/h2-10,18H,1H3. The van der Waals surface area contributed by atoms with E-state index in [-0.39, 0.29) is 4.21 Å². The number of rotatable bonds is 4. The monoisotopic (exact) mass is 359 g/mol. The highest BCUT2D eigenvalue weighted by Crippen LogP contribution is 2.27. The minimum Gasteiger partial charge on any atom is -0.248 e. The number of para-hydroxylation sites is 1. The van der Waals surface area contributed by atoms with Crippen LogP contribution in [0.1, 0.15) is 0 Å². The van der Waals surface area contributed by atoms with Gasteiger partial charge in [-0.3, -0.25) is 0 Å². The van der Waals surface area contributed by atoms with Crippen molar-refractivity contribution in [2.75, 3.05) is 4.83 Å². The normalized spacial score (nSPS) is 11.9. The van der Waals surface area contributed by atoms with Crippen LogP contribution in [0.3, 0.4) is 0 Å². The number of hydrogen-bond acceptors (Lipinski definition) is 5. The number of thiophene rings is 1. The first kappa shape index (κ1) is 14.9. The lowest BCUT2D eigenvalue weighted by atomic mass is 10.2. The fourth-order valence-electron chi connectivity index (χ4n) is 2.53. The summed E-state index contributed by atoms with van der Waals surface area (Å²) in [5, 5.41) is 6.70. The molecule has 7 nitrogen and oxygen atoms in total. The van der Waals surface area contributed by atoms with Crippen LogP contribution in [0, 0.1) is 0 Å². The van der Waals surface area contributed by atoms with Crippen molar-refractivity contribution in [1.82, 2.24) is 19.4 Å². The summed E-state index contributed by atoms with van der Waals surface area (Å²) in [6.45, 7) is 0. The van der Waals surface area contributed by atoms with E-state index in [9.17, 15) is 8.42 Å². The average Bonchev–Trinajstić information content (AvgIpc) is 3.27. The molecule has 3 aromatic heterocycles. The highest BCUT2D eigenvalue weighted by molar-refractivity contribution is 7.94. The van der Waals surface area contributed by atoms with E-state index in [1.54, 1.807) is 29.2 Å². The smallest absolute Gasteiger partial charge is 0.248 e. The molecule has 0 amide bonds. The molecule has 0 unspecified atom stereocenters. The Morgan fingerprint density at radius 1 is 1.17 bits per heavy atom. The molecule has 0 saturated heterocycles. The van der Waals surface area contributed by atoms with Crippen molar-refractivity contribution in [3.8, 4) is 11.5 Å². The van der Waals surface area contributed by atoms with Crippen LogP contribution < -0.4 is 4.83 Å². The van der Waals surface area contributed by atoms with Gasteiger partial charge < -0.3 is 0 Å². The second-order valence-corrected chi connectivity index (χ2v) is 7.99. The minimum absolute atomic E-state index is 0.254. The Morgan fingerprint density at radius 3 is 2.71 bits per heavy atom. The van der Waals surface area contributed by atoms with Crippen molar-refractivity contribution in [3.05, 3.63) is 54.2 Å². The second-order valence-electron chi connectivity index (χ2n) is 5.16. The van der Waals surface area contributed by atoms with Crippen LogP contribution >= 0.6 is 11.3 Å². The van der Waals surface area contributed by atoms with E-state index in [1.807, 2.05) is 30.3 Å². The van der Waals surface area contributed by atoms with E-state index < -0.39 is 10.0 Å². The van der Waals surface area contributed by atoms with Gasteiger partial charge in [-0.15, -0.1) is 11.3 Å². The molecule has 0 aliphatic heterocycles. The molecule has 0 aliphatic carbocycles. The van der Waals surface area contributed by atoms with Gasteiger partial charge in [0.2, 0.25) is 0 Å². The molecule has 0 radical (unpaired) electrons. The number of nitrogens with one attached hydrogen (secondary N) is 1. The lowest BCUT2D eigenvalue weighted by Crippen LogP contribution is -2.23. The zero-order valence-electron chi connectivity index (χ0n) is 12.6. The summed E-state index contributed by atoms with van der Waals surface area (Å²) in [5.74, 6) is 0.570. The largest absolute Gasteiger partial charge is 0.284 e. The molecule has 0 saturated carbocycles. The third-order valence-corrected chi connectivity index (χ3v) is 6.32. The highest BCUT2D eigenvalue weighted by atomic mass is 32.2. The summed E-state index contributed by atoms with van der Waals surface area (Å²) in [5.41, 5.74) is 1.37. The number of benzene rings is 1. The van der Waals surface area contributed by atoms with E-state index in [2.05, 4.69) is 14.9 Å². The van der Waals surface area contributed by atoms with Crippen LogP contribution in [-0.2, 0) is 17.1 Å². The zero-order chi connectivity index (χ0) is 16.7. The third-order valence-electron chi connectivity index (χ3n) is 3.62. The molecule has 122 valence electrons. The van der Waals surface area contributed by atoms with Crippen LogP contribution in [0.5, 0.6) is 0 Å². The first-order chi connectivity index (χ1) is 11.6. The van der Waals surface area contributed by atoms with Gasteiger partial charge in [-0.05, 0) is 23.6 Å². The van der Waals surface area contributed by atoms with Gasteiger partial charge >= 0.3 is 0 Å². The Hall–Kier alpha value is -2.65. The van der Waals surface area contributed by atoms with Crippen molar-refractivity contribution in [3.63, 3.8) is 0 Å². The second kappa shape index (κ2) is 5.46. The molecule has 9 heteroatoms. The van der Waals surface area contributed by atoms with Gasteiger partial charge in [0, 0.05) is 12.4 Å². The van der Waals surface area contributed by atoms with Crippen LogP contribution in [-0.4, -0.2) is 27.9 Å². The first-order valence-electron chi connectivity index (χ1n) is 7.07. The molecule has 0 aliphatic rings. The summed E-state index contributed by atoms with van der Waals surface area (Å²) in [4.78, 5) is 6.88. The number of fused-ring (bicyclic) bond motifs is 1. The summed E-state index contributed by atoms with van der Waals surface area (Å²) >= 11 is 1.17. The van der Waals surface area contributed by atoms with Gasteiger partial charge in [0.05, 0.1) is 5.52 Å². The topological polar surface area (TPSA) is 81.8 Å². The Morgan fingerprint density at radius 2 is 2.00 bits per heavy atom. The Labute approximate surface area is 142 Å². The number of aryl methyl sites for hydroxylation is 1. The number of nitrogens with zero attached hydrogens (tertiary/aromatic N) is 4. The Balaban J connectivity index is 1.92. The van der Waals surface area contributed by atoms with Gasteiger partial charge in [0.25, 0.3) is 10.0 Å². The molecule has 4 rings (SSSR count). The average molecular weight is 359 g/mol. The van der Waals surface area contributed by atoms with E-state index in [4.69, 9.17) is 0 Å². The number of hydrogen-bond donors (Lipinski definition) is 1. The van der Waals surface area contributed by atoms with Crippen molar-refractivity contribution in [2.45, 2.75) is 4.21 Å². The van der Waals surface area contributed by atoms with Gasteiger partial charge in [0.15, 0.2) is 5.82 Å². The third kappa shape index (κ3) is 2.38. The summed E-state index contributed by atoms with van der Waals surface area (Å²) in [6.07, 6.45) is 1.44. The predicted molar refractivity (Wildman–Crippen MR) is 92.8 cm³/mol. The lowest BCUT2D eigenvalue weighted by Gasteiger charge is -2.12. The molecular formula is C15H13N5O2S2. The highest BCUT2D eigenvalue weighted by Gasteiger charge is 2.21. The summed E-state index contributed by atoms with van der Waals surface area (Å²) in [7, 11) is -1.92. The van der Waals surface area contributed by atoms with Gasteiger partial charge in [-0.2, -0.15) is 13.5 Å². The van der Waals surface area contributed by atoms with E-state index in [1.165, 1.54) is 22.3 Å². The van der Waals surface area contributed by atoms with E-state index in [0.717, 1.165) is 10.9 Å². The van der Waals surface area contributed by atoms with Crippen molar-refractivity contribution < 1.29 is 8.42 Å². The zero-order valence-corrected chi connectivity index (χ0v) is 14.3. The lowest BCUT2D eigenvalue weighted by molar-refractivity contribution is 0.598. The SMILES string of the molecule is Cn1ncnc1-c1cc2ccccc2n1NS(=O)(=O)c1cccs1. The van der Waals surface area contributed by atoms with E-state index in [0.29, 0.717) is 11.5 Å².